The number of morpholine rings is 1. The van der Waals surface area contributed by atoms with Gasteiger partial charge in [0.05, 0.1) is 30.9 Å². The number of thiophene rings is 1. The lowest BCUT2D eigenvalue weighted by Gasteiger charge is -2.34. The molecular formula is C20H26IN5OS. The van der Waals surface area contributed by atoms with Gasteiger partial charge >= 0.3 is 0 Å². The van der Waals surface area contributed by atoms with Gasteiger partial charge in [0.15, 0.2) is 5.96 Å². The molecule has 6 nitrogen and oxygen atoms in total. The molecule has 2 N–H and O–H groups in total. The van der Waals surface area contributed by atoms with Crippen LogP contribution in [0.3, 0.4) is 0 Å². The highest BCUT2D eigenvalue weighted by Gasteiger charge is 2.23. The Balaban J connectivity index is 0.00000280. The number of nitriles is 1. The van der Waals surface area contributed by atoms with Crippen molar-refractivity contribution in [1.29, 1.82) is 5.26 Å². The average molecular weight is 511 g/mol. The molecule has 3 rings (SSSR count). The SMILES string of the molecule is CN=C(NCc1ccc(C#N)cc1)NCC(c1cccs1)N1CCOCC1.I. The summed E-state index contributed by atoms with van der Waals surface area (Å²) >= 11 is 1.79. The predicted octanol–water partition coefficient (Wildman–Crippen LogP) is 2.98. The van der Waals surface area contributed by atoms with E-state index in [1.807, 2.05) is 24.3 Å². The molecule has 0 saturated carbocycles. The molecule has 1 aliphatic heterocycles. The van der Waals surface area contributed by atoms with Crippen molar-refractivity contribution in [2.45, 2.75) is 12.6 Å². The van der Waals surface area contributed by atoms with Gasteiger partial charge in [-0.2, -0.15) is 5.26 Å². The van der Waals surface area contributed by atoms with Crippen LogP contribution in [-0.2, 0) is 11.3 Å². The second-order valence-corrected chi connectivity index (χ2v) is 7.27. The minimum absolute atomic E-state index is 0. The zero-order valence-corrected chi connectivity index (χ0v) is 19.1. The normalized spacial score (nSPS) is 15.9. The summed E-state index contributed by atoms with van der Waals surface area (Å²) in [4.78, 5) is 8.16. The average Bonchev–Trinajstić information content (AvgIpc) is 3.26. The van der Waals surface area contributed by atoms with Gasteiger partial charge in [0, 0.05) is 38.1 Å². The third-order valence-corrected chi connectivity index (χ3v) is 5.56. The minimum Gasteiger partial charge on any atom is -0.379 e. The third-order valence-electron chi connectivity index (χ3n) is 4.59. The molecule has 28 heavy (non-hydrogen) atoms. The maximum absolute atomic E-state index is 8.89. The van der Waals surface area contributed by atoms with Gasteiger partial charge in [-0.05, 0) is 29.1 Å². The Morgan fingerprint density at radius 1 is 1.25 bits per heavy atom. The van der Waals surface area contributed by atoms with Crippen LogP contribution in [0.25, 0.3) is 0 Å². The Labute approximate surface area is 187 Å². The highest BCUT2D eigenvalue weighted by molar-refractivity contribution is 14.0. The minimum atomic E-state index is 0. The summed E-state index contributed by atoms with van der Waals surface area (Å²) in [7, 11) is 1.78. The van der Waals surface area contributed by atoms with E-state index in [2.05, 4.69) is 44.1 Å². The number of nitrogens with zero attached hydrogens (tertiary/aromatic N) is 3. The van der Waals surface area contributed by atoms with Crippen molar-refractivity contribution in [2.75, 3.05) is 39.9 Å². The van der Waals surface area contributed by atoms with Gasteiger partial charge in [-0.3, -0.25) is 9.89 Å². The van der Waals surface area contributed by atoms with E-state index < -0.39 is 0 Å². The summed E-state index contributed by atoms with van der Waals surface area (Å²) in [5.41, 5.74) is 1.78. The molecule has 1 fully saturated rings. The molecule has 2 aromatic rings. The summed E-state index contributed by atoms with van der Waals surface area (Å²) in [5.74, 6) is 0.772. The van der Waals surface area contributed by atoms with E-state index in [0.29, 0.717) is 18.2 Å². The zero-order valence-electron chi connectivity index (χ0n) is 15.9. The van der Waals surface area contributed by atoms with E-state index in [1.54, 1.807) is 18.4 Å². The third kappa shape index (κ3) is 6.44. The van der Waals surface area contributed by atoms with Gasteiger partial charge in [0.2, 0.25) is 0 Å². The van der Waals surface area contributed by atoms with Crippen LogP contribution in [0.15, 0.2) is 46.8 Å². The van der Waals surface area contributed by atoms with E-state index in [0.717, 1.165) is 44.4 Å². The molecule has 1 saturated heterocycles. The van der Waals surface area contributed by atoms with E-state index in [4.69, 9.17) is 10.00 Å². The first-order chi connectivity index (χ1) is 13.3. The quantitative estimate of drug-likeness (QED) is 0.355. The van der Waals surface area contributed by atoms with Crippen LogP contribution in [0, 0.1) is 11.3 Å². The number of rotatable bonds is 6. The smallest absolute Gasteiger partial charge is 0.191 e. The molecule has 0 bridgehead atoms. The highest BCUT2D eigenvalue weighted by Crippen LogP contribution is 2.25. The van der Waals surface area contributed by atoms with Crippen molar-refractivity contribution in [1.82, 2.24) is 15.5 Å². The molecule has 2 heterocycles. The Kier molecular flexibility index (Phi) is 9.70. The first kappa shape index (κ1) is 22.6. The van der Waals surface area contributed by atoms with E-state index >= 15 is 0 Å². The van der Waals surface area contributed by atoms with Gasteiger partial charge in [0.25, 0.3) is 0 Å². The fraction of sp³-hybridized carbons (Fsp3) is 0.400. The molecule has 8 heteroatoms. The highest BCUT2D eigenvalue weighted by atomic mass is 127. The maximum Gasteiger partial charge on any atom is 0.191 e. The van der Waals surface area contributed by atoms with Crippen LogP contribution in [0.1, 0.15) is 22.0 Å². The second-order valence-electron chi connectivity index (χ2n) is 6.29. The number of guanidine groups is 1. The lowest BCUT2D eigenvalue weighted by atomic mass is 10.1. The number of nitrogens with one attached hydrogen (secondary N) is 2. The lowest BCUT2D eigenvalue weighted by Crippen LogP contribution is -2.46. The molecule has 1 atom stereocenters. The molecular weight excluding hydrogens is 485 g/mol. The number of benzene rings is 1. The van der Waals surface area contributed by atoms with E-state index in [-0.39, 0.29) is 24.0 Å². The summed E-state index contributed by atoms with van der Waals surface area (Å²) in [6, 6.07) is 14.3. The Morgan fingerprint density at radius 2 is 2.00 bits per heavy atom. The van der Waals surface area contributed by atoms with Crippen molar-refractivity contribution in [2.24, 2.45) is 4.99 Å². The standard InChI is InChI=1S/C20H25N5OS.HI/c1-22-20(23-14-17-6-4-16(13-21)5-7-17)24-15-18(19-3-2-12-27-19)25-8-10-26-11-9-25;/h2-7,12,18H,8-11,14-15H2,1H3,(H2,22,23,24);1H. The van der Waals surface area contributed by atoms with Gasteiger partial charge in [0.1, 0.15) is 0 Å². The molecule has 0 radical (unpaired) electrons. The molecule has 150 valence electrons. The van der Waals surface area contributed by atoms with Gasteiger partial charge < -0.3 is 15.4 Å². The van der Waals surface area contributed by atoms with E-state index in [1.165, 1.54) is 4.88 Å². The zero-order chi connectivity index (χ0) is 18.9. The summed E-state index contributed by atoms with van der Waals surface area (Å²) < 4.78 is 5.50. The molecule has 1 unspecified atom stereocenters. The monoisotopic (exact) mass is 511 g/mol. The molecule has 1 aromatic heterocycles. The number of halogens is 1. The Hall–Kier alpha value is -1.67. The number of ether oxygens (including phenoxy) is 1. The maximum atomic E-state index is 8.89. The Morgan fingerprint density at radius 3 is 2.61 bits per heavy atom. The predicted molar refractivity (Wildman–Crippen MR) is 124 cm³/mol. The Bertz CT molecular complexity index is 767. The number of hydrogen-bond donors (Lipinski definition) is 2. The molecule has 1 aliphatic rings. The van der Waals surface area contributed by atoms with Crippen molar-refractivity contribution in [3.05, 3.63) is 57.8 Å². The number of aliphatic imine (C=N–C) groups is 1. The fourth-order valence-corrected chi connectivity index (χ4v) is 3.94. The van der Waals surface area contributed by atoms with Gasteiger partial charge in [-0.1, -0.05) is 18.2 Å². The largest absolute Gasteiger partial charge is 0.379 e. The van der Waals surface area contributed by atoms with Crippen LogP contribution < -0.4 is 10.6 Å². The van der Waals surface area contributed by atoms with Crippen molar-refractivity contribution in [3.8, 4) is 6.07 Å². The summed E-state index contributed by atoms with van der Waals surface area (Å²) in [6.45, 7) is 4.91. The van der Waals surface area contributed by atoms with Crippen LogP contribution in [0.2, 0.25) is 0 Å². The van der Waals surface area contributed by atoms with Crippen molar-refractivity contribution < 1.29 is 4.74 Å². The van der Waals surface area contributed by atoms with Gasteiger partial charge in [-0.15, -0.1) is 35.3 Å². The van der Waals surface area contributed by atoms with Crippen LogP contribution >= 0.6 is 35.3 Å². The van der Waals surface area contributed by atoms with Crippen LogP contribution in [0.5, 0.6) is 0 Å². The van der Waals surface area contributed by atoms with Crippen LogP contribution in [-0.4, -0.2) is 50.8 Å². The summed E-state index contributed by atoms with van der Waals surface area (Å²) in [5, 5.41) is 17.8. The van der Waals surface area contributed by atoms with Crippen LogP contribution in [0.4, 0.5) is 0 Å². The van der Waals surface area contributed by atoms with Gasteiger partial charge in [-0.25, -0.2) is 0 Å². The molecule has 1 aromatic carbocycles. The number of hydrogen-bond acceptors (Lipinski definition) is 5. The lowest BCUT2D eigenvalue weighted by molar-refractivity contribution is 0.0177. The molecule has 0 amide bonds. The first-order valence-electron chi connectivity index (χ1n) is 9.09. The van der Waals surface area contributed by atoms with Crippen molar-refractivity contribution >= 4 is 41.3 Å². The van der Waals surface area contributed by atoms with Crippen molar-refractivity contribution in [3.63, 3.8) is 0 Å². The fourth-order valence-electron chi connectivity index (χ4n) is 3.08. The summed E-state index contributed by atoms with van der Waals surface area (Å²) in [6.07, 6.45) is 0. The van der Waals surface area contributed by atoms with E-state index in [9.17, 15) is 0 Å². The topological polar surface area (TPSA) is 72.7 Å². The second kappa shape index (κ2) is 12.0. The molecule has 0 aliphatic carbocycles. The first-order valence-corrected chi connectivity index (χ1v) is 9.97. The molecule has 0 spiro atoms.